The Labute approximate surface area is 319 Å². The lowest BCUT2D eigenvalue weighted by Crippen LogP contribution is -2.01. The second-order valence-corrected chi connectivity index (χ2v) is 13.7. The van der Waals surface area contributed by atoms with Crippen molar-refractivity contribution in [1.82, 2.24) is 15.0 Å². The predicted molar refractivity (Wildman–Crippen MR) is 225 cm³/mol. The van der Waals surface area contributed by atoms with Gasteiger partial charge in [0.05, 0.1) is 0 Å². The van der Waals surface area contributed by atoms with Crippen LogP contribution in [0.5, 0.6) is 0 Å². The van der Waals surface area contributed by atoms with Gasteiger partial charge in [-0.15, -0.1) is 0 Å². The summed E-state index contributed by atoms with van der Waals surface area (Å²) in [5.74, 6) is 1.82. The molecule has 4 heteroatoms. The van der Waals surface area contributed by atoms with E-state index >= 15 is 0 Å². The van der Waals surface area contributed by atoms with E-state index in [1.54, 1.807) is 0 Å². The normalized spacial score (nSPS) is 11.3. The van der Waals surface area contributed by atoms with Crippen molar-refractivity contribution in [2.24, 2.45) is 0 Å². The van der Waals surface area contributed by atoms with Crippen LogP contribution in [0.15, 0.2) is 205 Å². The third kappa shape index (κ3) is 6.36. The highest BCUT2D eigenvalue weighted by Crippen LogP contribution is 2.36. The molecule has 55 heavy (non-hydrogen) atoms. The monoisotopic (exact) mass is 703 g/mol. The Bertz CT molecular complexity index is 2910. The number of hydrogen-bond acceptors (Lipinski definition) is 4. The topological polar surface area (TPSA) is 51.8 Å². The molecule has 2 heterocycles. The predicted octanol–water partition coefficient (Wildman–Crippen LogP) is 13.4. The average molecular weight is 704 g/mol. The molecule has 10 rings (SSSR count). The Kier molecular flexibility index (Phi) is 8.12. The van der Waals surface area contributed by atoms with Gasteiger partial charge in [0.2, 0.25) is 0 Å². The molecule has 0 spiro atoms. The largest absolute Gasteiger partial charge is 0.456 e. The first-order chi connectivity index (χ1) is 27.2. The SMILES string of the molecule is c1ccc(-c2cccc(-c3nc(-c4cccc(-c5ccc6c(c5)oc5ccccc56)c4)nc(-c4cc(-c5ccccc5)cc(-c5ccccc5)c4)n3)c2)cc1. The lowest BCUT2D eigenvalue weighted by molar-refractivity contribution is 0.669. The Morgan fingerprint density at radius 3 is 1.20 bits per heavy atom. The van der Waals surface area contributed by atoms with E-state index in [-0.39, 0.29) is 0 Å². The fraction of sp³-hybridized carbons (Fsp3) is 0. The van der Waals surface area contributed by atoms with E-state index in [1.165, 1.54) is 0 Å². The molecule has 0 amide bonds. The second kappa shape index (κ2) is 13.8. The lowest BCUT2D eigenvalue weighted by atomic mass is 9.95. The molecule has 0 saturated carbocycles. The van der Waals surface area contributed by atoms with Crippen LogP contribution in [0.25, 0.3) is 101 Å². The molecule has 0 fully saturated rings. The Hall–Kier alpha value is -7.43. The molecule has 0 aliphatic carbocycles. The lowest BCUT2D eigenvalue weighted by Gasteiger charge is -2.13. The summed E-state index contributed by atoms with van der Waals surface area (Å²) in [4.78, 5) is 15.6. The number of furan rings is 1. The Balaban J connectivity index is 1.14. The molecule has 4 nitrogen and oxygen atoms in total. The van der Waals surface area contributed by atoms with E-state index in [2.05, 4.69) is 164 Å². The van der Waals surface area contributed by atoms with Gasteiger partial charge >= 0.3 is 0 Å². The molecule has 0 atom stereocenters. The van der Waals surface area contributed by atoms with Crippen LogP contribution in [0.1, 0.15) is 0 Å². The molecule has 0 radical (unpaired) electrons. The minimum Gasteiger partial charge on any atom is -0.456 e. The van der Waals surface area contributed by atoms with Crippen molar-refractivity contribution in [1.29, 1.82) is 0 Å². The molecule has 0 aliphatic heterocycles. The fourth-order valence-electron chi connectivity index (χ4n) is 7.33. The van der Waals surface area contributed by atoms with Gasteiger partial charge < -0.3 is 4.42 Å². The summed E-state index contributed by atoms with van der Waals surface area (Å²) in [5, 5.41) is 2.22. The number of fused-ring (bicyclic) bond motifs is 3. The number of para-hydroxylation sites is 1. The van der Waals surface area contributed by atoms with Crippen molar-refractivity contribution in [3.8, 4) is 78.7 Å². The molecule has 0 saturated heterocycles. The van der Waals surface area contributed by atoms with E-state index in [4.69, 9.17) is 19.4 Å². The zero-order chi connectivity index (χ0) is 36.6. The van der Waals surface area contributed by atoms with Gasteiger partial charge in [-0.25, -0.2) is 15.0 Å². The molecule has 10 aromatic rings. The molecule has 258 valence electrons. The number of rotatable bonds is 7. The van der Waals surface area contributed by atoms with E-state index < -0.39 is 0 Å². The smallest absolute Gasteiger partial charge is 0.164 e. The van der Waals surface area contributed by atoms with Gasteiger partial charge in [0.1, 0.15) is 11.2 Å². The maximum atomic E-state index is 6.25. The van der Waals surface area contributed by atoms with Gasteiger partial charge in [-0.3, -0.25) is 0 Å². The van der Waals surface area contributed by atoms with Crippen molar-refractivity contribution >= 4 is 21.9 Å². The van der Waals surface area contributed by atoms with Crippen LogP contribution in [0.4, 0.5) is 0 Å². The highest BCUT2D eigenvalue weighted by molar-refractivity contribution is 6.05. The van der Waals surface area contributed by atoms with Gasteiger partial charge in [-0.05, 0) is 93.0 Å². The van der Waals surface area contributed by atoms with E-state index in [9.17, 15) is 0 Å². The maximum absolute atomic E-state index is 6.25. The van der Waals surface area contributed by atoms with Crippen LogP contribution < -0.4 is 0 Å². The standard InChI is InChI=1S/C51H33N3O/c1-4-14-34(15-5-1)37-20-12-22-40(28-37)49-52-50(41-23-13-21-38(29-41)39-26-27-46-45-24-10-11-25-47(45)55-48(46)33-39)54-51(53-49)44-31-42(35-16-6-2-7-17-35)30-43(32-44)36-18-8-3-9-19-36/h1-33H. The quantitative estimate of drug-likeness (QED) is 0.166. The number of nitrogens with zero attached hydrogens (tertiary/aromatic N) is 3. The van der Waals surface area contributed by atoms with Crippen molar-refractivity contribution < 1.29 is 4.42 Å². The van der Waals surface area contributed by atoms with Crippen molar-refractivity contribution in [3.63, 3.8) is 0 Å². The summed E-state index contributed by atoms with van der Waals surface area (Å²) in [5.41, 5.74) is 13.2. The average Bonchev–Trinajstić information content (AvgIpc) is 3.65. The van der Waals surface area contributed by atoms with Crippen LogP contribution in [-0.4, -0.2) is 15.0 Å². The van der Waals surface area contributed by atoms with Gasteiger partial charge in [-0.2, -0.15) is 0 Å². The summed E-state index contributed by atoms with van der Waals surface area (Å²) < 4.78 is 6.25. The maximum Gasteiger partial charge on any atom is 0.164 e. The first kappa shape index (κ1) is 32.2. The van der Waals surface area contributed by atoms with E-state index in [0.29, 0.717) is 17.5 Å². The second-order valence-electron chi connectivity index (χ2n) is 13.7. The van der Waals surface area contributed by atoms with Gasteiger partial charge in [0.25, 0.3) is 0 Å². The van der Waals surface area contributed by atoms with Crippen LogP contribution in [0, 0.1) is 0 Å². The zero-order valence-corrected chi connectivity index (χ0v) is 29.8. The Morgan fingerprint density at radius 2 is 0.618 bits per heavy atom. The van der Waals surface area contributed by atoms with Crippen molar-refractivity contribution in [3.05, 3.63) is 200 Å². The molecule has 0 bridgehead atoms. The van der Waals surface area contributed by atoms with E-state index in [0.717, 1.165) is 83.1 Å². The molecule has 2 aromatic heterocycles. The molecule has 8 aromatic carbocycles. The van der Waals surface area contributed by atoms with Crippen molar-refractivity contribution in [2.75, 3.05) is 0 Å². The summed E-state index contributed by atoms with van der Waals surface area (Å²) in [7, 11) is 0. The molecular weight excluding hydrogens is 671 g/mol. The summed E-state index contributed by atoms with van der Waals surface area (Å²) >= 11 is 0. The molecule has 0 aliphatic rings. The first-order valence-corrected chi connectivity index (χ1v) is 18.4. The van der Waals surface area contributed by atoms with Crippen LogP contribution in [0.2, 0.25) is 0 Å². The zero-order valence-electron chi connectivity index (χ0n) is 29.8. The van der Waals surface area contributed by atoms with Crippen LogP contribution in [0.3, 0.4) is 0 Å². The molecule has 0 unspecified atom stereocenters. The van der Waals surface area contributed by atoms with Crippen LogP contribution >= 0.6 is 0 Å². The van der Waals surface area contributed by atoms with Gasteiger partial charge in [0.15, 0.2) is 17.5 Å². The summed E-state index contributed by atoms with van der Waals surface area (Å²) in [6.45, 7) is 0. The molecule has 0 N–H and O–H groups in total. The van der Waals surface area contributed by atoms with E-state index in [1.807, 2.05) is 36.4 Å². The highest BCUT2D eigenvalue weighted by atomic mass is 16.3. The number of aromatic nitrogens is 3. The molecular formula is C51H33N3O. The van der Waals surface area contributed by atoms with Gasteiger partial charge in [0, 0.05) is 27.5 Å². The third-order valence-electron chi connectivity index (χ3n) is 10.1. The number of hydrogen-bond donors (Lipinski definition) is 0. The summed E-state index contributed by atoms with van der Waals surface area (Å²) in [6, 6.07) is 69.4. The fourth-order valence-corrected chi connectivity index (χ4v) is 7.33. The van der Waals surface area contributed by atoms with Crippen LogP contribution in [-0.2, 0) is 0 Å². The minimum absolute atomic E-state index is 0.600. The minimum atomic E-state index is 0.600. The highest BCUT2D eigenvalue weighted by Gasteiger charge is 2.16. The van der Waals surface area contributed by atoms with Crippen molar-refractivity contribution in [2.45, 2.75) is 0 Å². The Morgan fingerprint density at radius 1 is 0.236 bits per heavy atom. The first-order valence-electron chi connectivity index (χ1n) is 18.4. The van der Waals surface area contributed by atoms with Gasteiger partial charge in [-0.1, -0.05) is 152 Å². The number of benzene rings is 8. The third-order valence-corrected chi connectivity index (χ3v) is 10.1. The summed E-state index contributed by atoms with van der Waals surface area (Å²) in [6.07, 6.45) is 0.